The molecule has 25 heavy (non-hydrogen) atoms. The third-order valence-corrected chi connectivity index (χ3v) is 6.78. The lowest BCUT2D eigenvalue weighted by Crippen LogP contribution is -2.58. The van der Waals surface area contributed by atoms with Crippen molar-refractivity contribution in [1.29, 1.82) is 0 Å². The molecule has 0 aromatic heterocycles. The van der Waals surface area contributed by atoms with Crippen LogP contribution in [0.2, 0.25) is 0 Å². The van der Waals surface area contributed by atoms with Crippen LogP contribution >= 0.6 is 0 Å². The zero-order valence-electron chi connectivity index (χ0n) is 17.0. The second-order valence-corrected chi connectivity index (χ2v) is 9.23. The summed E-state index contributed by atoms with van der Waals surface area (Å²) in [6.45, 7) is 13.8. The molecule has 3 aliphatic rings. The fourth-order valence-electron chi connectivity index (χ4n) is 5.65. The van der Waals surface area contributed by atoms with Gasteiger partial charge in [-0.05, 0) is 30.6 Å². The molecule has 0 aliphatic heterocycles. The molecule has 142 valence electrons. The Kier molecular flexibility index (Phi) is 6.27. The zero-order valence-corrected chi connectivity index (χ0v) is 17.0. The van der Waals surface area contributed by atoms with E-state index in [9.17, 15) is 14.4 Å². The van der Waals surface area contributed by atoms with Crippen LogP contribution in [0.5, 0.6) is 0 Å². The highest BCUT2D eigenvalue weighted by Gasteiger charge is 2.59. The minimum absolute atomic E-state index is 0.00699. The number of Topliss-reactive ketones (excluding diaryl/α,β-unsaturated/α-hetero) is 3. The second-order valence-electron chi connectivity index (χ2n) is 9.23. The number of rotatable bonds is 7. The fourth-order valence-corrected chi connectivity index (χ4v) is 5.65. The number of ketones is 3. The predicted molar refractivity (Wildman–Crippen MR) is 100 cm³/mol. The van der Waals surface area contributed by atoms with Gasteiger partial charge in [-0.15, -0.1) is 0 Å². The molecule has 3 heteroatoms. The summed E-state index contributed by atoms with van der Waals surface area (Å²) >= 11 is 0. The molecule has 0 aromatic carbocycles. The average molecular weight is 349 g/mol. The number of carbonyl (C=O) groups is 3. The molecule has 3 rings (SSSR count). The number of hydrogen-bond donors (Lipinski definition) is 0. The Balaban J connectivity index is 2.51. The van der Waals surface area contributed by atoms with Gasteiger partial charge in [0.2, 0.25) is 0 Å². The summed E-state index contributed by atoms with van der Waals surface area (Å²) < 4.78 is 0. The standard InChI is InChI=1S/C22H36O3/c1-8-14-15-9-10-16(17(14)20(23)11(2)3)19(22(25)13(6)7)18(15)21(24)12(4)5/h11-19H,8-10H2,1-7H3. The van der Waals surface area contributed by atoms with E-state index in [1.54, 1.807) is 0 Å². The van der Waals surface area contributed by atoms with Crippen LogP contribution < -0.4 is 0 Å². The predicted octanol–water partition coefficient (Wildman–Crippen LogP) is 4.58. The van der Waals surface area contributed by atoms with Crippen LogP contribution in [-0.4, -0.2) is 17.3 Å². The van der Waals surface area contributed by atoms with Gasteiger partial charge >= 0.3 is 0 Å². The first-order valence-electron chi connectivity index (χ1n) is 10.2. The van der Waals surface area contributed by atoms with E-state index < -0.39 is 0 Å². The highest BCUT2D eigenvalue weighted by Crippen LogP contribution is 2.57. The molecule has 6 unspecified atom stereocenters. The summed E-state index contributed by atoms with van der Waals surface area (Å²) in [7, 11) is 0. The van der Waals surface area contributed by atoms with E-state index in [4.69, 9.17) is 0 Å². The van der Waals surface area contributed by atoms with Gasteiger partial charge in [-0.2, -0.15) is 0 Å². The van der Waals surface area contributed by atoms with Crippen LogP contribution in [0.15, 0.2) is 0 Å². The molecule has 0 radical (unpaired) electrons. The minimum atomic E-state index is -0.246. The second kappa shape index (κ2) is 7.72. The summed E-state index contributed by atoms with van der Waals surface area (Å²) in [5.41, 5.74) is 0. The molecule has 2 bridgehead atoms. The number of hydrogen-bond acceptors (Lipinski definition) is 3. The van der Waals surface area contributed by atoms with Gasteiger partial charge in [-0.25, -0.2) is 0 Å². The summed E-state index contributed by atoms with van der Waals surface area (Å²) in [4.78, 5) is 39.2. The van der Waals surface area contributed by atoms with Crippen molar-refractivity contribution in [3.63, 3.8) is 0 Å². The van der Waals surface area contributed by atoms with Gasteiger partial charge < -0.3 is 0 Å². The van der Waals surface area contributed by atoms with Crippen molar-refractivity contribution in [2.75, 3.05) is 0 Å². The maximum absolute atomic E-state index is 13.1. The summed E-state index contributed by atoms with van der Waals surface area (Å²) in [5.74, 6) is 0.672. The van der Waals surface area contributed by atoms with E-state index in [-0.39, 0.29) is 64.8 Å². The Bertz CT molecular complexity index is 531. The van der Waals surface area contributed by atoms with E-state index in [0.717, 1.165) is 19.3 Å². The van der Waals surface area contributed by atoms with Crippen molar-refractivity contribution in [1.82, 2.24) is 0 Å². The van der Waals surface area contributed by atoms with Crippen LogP contribution in [-0.2, 0) is 14.4 Å². The molecular weight excluding hydrogens is 312 g/mol. The maximum atomic E-state index is 13.1. The fraction of sp³-hybridized carbons (Fsp3) is 0.864. The SMILES string of the molecule is CCC1C2CCC(C1C(=O)C(C)C)C(C(=O)C(C)C)C2C(=O)C(C)C. The molecule has 0 saturated heterocycles. The van der Waals surface area contributed by atoms with Crippen molar-refractivity contribution in [3.05, 3.63) is 0 Å². The largest absolute Gasteiger partial charge is 0.299 e. The van der Waals surface area contributed by atoms with Crippen molar-refractivity contribution in [3.8, 4) is 0 Å². The zero-order chi connectivity index (χ0) is 19.0. The minimum Gasteiger partial charge on any atom is -0.299 e. The first kappa shape index (κ1) is 20.3. The molecule has 0 aromatic rings. The van der Waals surface area contributed by atoms with Crippen molar-refractivity contribution < 1.29 is 14.4 Å². The van der Waals surface area contributed by atoms with E-state index in [0.29, 0.717) is 5.78 Å². The van der Waals surface area contributed by atoms with Gasteiger partial charge in [0.05, 0.1) is 0 Å². The van der Waals surface area contributed by atoms with Gasteiger partial charge in [0.15, 0.2) is 0 Å². The van der Waals surface area contributed by atoms with E-state index >= 15 is 0 Å². The first-order chi connectivity index (χ1) is 11.6. The summed E-state index contributed by atoms with van der Waals surface area (Å²) in [6, 6.07) is 0. The Morgan fingerprint density at radius 2 is 1.04 bits per heavy atom. The Hall–Kier alpha value is -0.990. The average Bonchev–Trinajstić information content (AvgIpc) is 2.57. The van der Waals surface area contributed by atoms with Gasteiger partial charge in [0.1, 0.15) is 17.3 Å². The van der Waals surface area contributed by atoms with E-state index in [2.05, 4.69) is 6.92 Å². The van der Waals surface area contributed by atoms with E-state index in [1.807, 2.05) is 41.5 Å². The lowest BCUT2D eigenvalue weighted by Gasteiger charge is -2.56. The number of fused-ring (bicyclic) bond motifs is 3. The highest BCUT2D eigenvalue weighted by molar-refractivity contribution is 5.94. The molecule has 3 aliphatic carbocycles. The van der Waals surface area contributed by atoms with Crippen LogP contribution in [0, 0.1) is 53.3 Å². The molecule has 0 spiro atoms. The van der Waals surface area contributed by atoms with Gasteiger partial charge in [-0.1, -0.05) is 54.9 Å². The van der Waals surface area contributed by atoms with Crippen LogP contribution in [0.3, 0.4) is 0 Å². The molecule has 6 atom stereocenters. The monoisotopic (exact) mass is 348 g/mol. The quantitative estimate of drug-likeness (QED) is 0.677. The van der Waals surface area contributed by atoms with Crippen LogP contribution in [0.25, 0.3) is 0 Å². The maximum Gasteiger partial charge on any atom is 0.139 e. The highest BCUT2D eigenvalue weighted by atomic mass is 16.1. The van der Waals surface area contributed by atoms with Gasteiger partial charge in [-0.3, -0.25) is 14.4 Å². The summed E-state index contributed by atoms with van der Waals surface area (Å²) in [5, 5.41) is 0. The molecule has 3 fully saturated rings. The third-order valence-electron chi connectivity index (χ3n) is 6.78. The normalized spacial score (nSPS) is 34.8. The molecule has 3 nitrogen and oxygen atoms in total. The summed E-state index contributed by atoms with van der Waals surface area (Å²) in [6.07, 6.45) is 2.85. The van der Waals surface area contributed by atoms with Crippen LogP contribution in [0.1, 0.15) is 67.7 Å². The van der Waals surface area contributed by atoms with Crippen molar-refractivity contribution in [2.45, 2.75) is 67.7 Å². The molecule has 3 saturated carbocycles. The van der Waals surface area contributed by atoms with Gasteiger partial charge in [0.25, 0.3) is 0 Å². The number of carbonyl (C=O) groups excluding carboxylic acids is 3. The first-order valence-corrected chi connectivity index (χ1v) is 10.2. The molecule has 0 N–H and O–H groups in total. The Morgan fingerprint density at radius 3 is 1.44 bits per heavy atom. The Morgan fingerprint density at radius 1 is 0.680 bits per heavy atom. The van der Waals surface area contributed by atoms with Crippen molar-refractivity contribution in [2.24, 2.45) is 53.3 Å². The molecule has 0 heterocycles. The topological polar surface area (TPSA) is 51.2 Å². The van der Waals surface area contributed by atoms with Crippen LogP contribution in [0.4, 0.5) is 0 Å². The smallest absolute Gasteiger partial charge is 0.139 e. The Labute approximate surface area is 153 Å². The molecule has 0 amide bonds. The van der Waals surface area contributed by atoms with Gasteiger partial charge in [0, 0.05) is 35.5 Å². The van der Waals surface area contributed by atoms with Crippen molar-refractivity contribution >= 4 is 17.3 Å². The lowest BCUT2D eigenvalue weighted by molar-refractivity contribution is -0.163. The lowest BCUT2D eigenvalue weighted by atomic mass is 9.46. The third kappa shape index (κ3) is 3.48. The van der Waals surface area contributed by atoms with E-state index in [1.165, 1.54) is 0 Å². The molecular formula is C22H36O3.